The summed E-state index contributed by atoms with van der Waals surface area (Å²) in [6.07, 6.45) is 17.5. The second kappa shape index (κ2) is 7.88. The molecule has 3 aliphatic rings. The molecule has 0 spiro atoms. The Morgan fingerprint density at radius 2 is 1.62 bits per heavy atom. The second-order valence-electron chi connectivity index (χ2n) is 8.57. The minimum Gasteiger partial charge on any atom is -0.369 e. The Bertz CT molecular complexity index is 464. The molecule has 4 heteroatoms. The molecule has 1 unspecified atom stereocenters. The number of rotatable bonds is 5. The van der Waals surface area contributed by atoms with Crippen LogP contribution in [0.4, 0.5) is 0 Å². The molecule has 0 radical (unpaired) electrons. The second-order valence-corrected chi connectivity index (χ2v) is 8.57. The first-order valence-electron chi connectivity index (χ1n) is 10.2. The van der Waals surface area contributed by atoms with Crippen LogP contribution in [0.3, 0.4) is 0 Å². The molecule has 136 valence electrons. The summed E-state index contributed by atoms with van der Waals surface area (Å²) in [5, 5.41) is 0. The lowest BCUT2D eigenvalue weighted by Crippen LogP contribution is -2.50. The van der Waals surface area contributed by atoms with Crippen molar-refractivity contribution in [1.29, 1.82) is 0 Å². The van der Waals surface area contributed by atoms with E-state index in [1.165, 1.54) is 70.6 Å². The van der Waals surface area contributed by atoms with Crippen LogP contribution in [0.5, 0.6) is 0 Å². The predicted octanol–water partition coefficient (Wildman–Crippen LogP) is 4.23. The van der Waals surface area contributed by atoms with Crippen LogP contribution in [-0.2, 0) is 4.79 Å². The van der Waals surface area contributed by atoms with Crippen LogP contribution in [0.2, 0.25) is 0 Å². The average molecular weight is 334 g/mol. The SMILES string of the molecule is CN1C(=O)CC(CCC2CCCCC2)(CC2CCCCC2)N=C1N. The summed E-state index contributed by atoms with van der Waals surface area (Å²) in [6.45, 7) is 0. The summed E-state index contributed by atoms with van der Waals surface area (Å²) in [7, 11) is 1.76. The van der Waals surface area contributed by atoms with Gasteiger partial charge in [-0.05, 0) is 31.1 Å². The van der Waals surface area contributed by atoms with Gasteiger partial charge in [0.1, 0.15) is 0 Å². The third kappa shape index (κ3) is 4.31. The summed E-state index contributed by atoms with van der Waals surface area (Å²) in [5.41, 5.74) is 5.90. The average Bonchev–Trinajstić information content (AvgIpc) is 2.60. The van der Waals surface area contributed by atoms with E-state index in [-0.39, 0.29) is 11.4 Å². The van der Waals surface area contributed by atoms with Gasteiger partial charge < -0.3 is 5.73 Å². The molecule has 0 aromatic rings. The lowest BCUT2D eigenvalue weighted by atomic mass is 9.73. The van der Waals surface area contributed by atoms with Gasteiger partial charge >= 0.3 is 0 Å². The number of hydrogen-bond acceptors (Lipinski definition) is 3. The summed E-state index contributed by atoms with van der Waals surface area (Å²) in [5.74, 6) is 2.17. The maximum absolute atomic E-state index is 12.5. The van der Waals surface area contributed by atoms with Gasteiger partial charge in [0.2, 0.25) is 5.91 Å². The highest BCUT2D eigenvalue weighted by Gasteiger charge is 2.40. The van der Waals surface area contributed by atoms with E-state index in [0.29, 0.717) is 12.4 Å². The van der Waals surface area contributed by atoms with E-state index in [9.17, 15) is 4.79 Å². The van der Waals surface area contributed by atoms with Crippen LogP contribution >= 0.6 is 0 Å². The van der Waals surface area contributed by atoms with E-state index in [1.54, 1.807) is 11.9 Å². The monoisotopic (exact) mass is 333 g/mol. The van der Waals surface area contributed by atoms with Crippen molar-refractivity contribution in [3.8, 4) is 0 Å². The molecular formula is C20H35N3O. The van der Waals surface area contributed by atoms with Gasteiger partial charge in [0.15, 0.2) is 5.96 Å². The Hall–Kier alpha value is -1.06. The van der Waals surface area contributed by atoms with Crippen LogP contribution in [-0.4, -0.2) is 29.4 Å². The number of nitrogens with zero attached hydrogens (tertiary/aromatic N) is 2. The Kier molecular flexibility index (Phi) is 5.83. The van der Waals surface area contributed by atoms with Gasteiger partial charge in [-0.25, -0.2) is 4.99 Å². The summed E-state index contributed by atoms with van der Waals surface area (Å²) >= 11 is 0. The van der Waals surface area contributed by atoms with Crippen molar-refractivity contribution in [2.24, 2.45) is 22.6 Å². The van der Waals surface area contributed by atoms with Crippen LogP contribution in [0, 0.1) is 11.8 Å². The molecule has 1 atom stereocenters. The minimum atomic E-state index is -0.215. The maximum Gasteiger partial charge on any atom is 0.231 e. The van der Waals surface area contributed by atoms with Crippen molar-refractivity contribution in [2.75, 3.05) is 7.05 Å². The van der Waals surface area contributed by atoms with Gasteiger partial charge in [-0.3, -0.25) is 9.69 Å². The summed E-state index contributed by atoms with van der Waals surface area (Å²) in [4.78, 5) is 18.9. The number of amides is 1. The first-order valence-corrected chi connectivity index (χ1v) is 10.2. The van der Waals surface area contributed by atoms with Crippen LogP contribution < -0.4 is 5.73 Å². The maximum atomic E-state index is 12.5. The minimum absolute atomic E-state index is 0.155. The molecule has 1 amide bonds. The van der Waals surface area contributed by atoms with E-state index in [2.05, 4.69) is 0 Å². The molecule has 3 rings (SSSR count). The molecule has 1 heterocycles. The Morgan fingerprint density at radius 3 is 2.21 bits per heavy atom. The number of hydrogen-bond donors (Lipinski definition) is 1. The smallest absolute Gasteiger partial charge is 0.231 e. The fraction of sp³-hybridized carbons (Fsp3) is 0.900. The highest BCUT2D eigenvalue weighted by atomic mass is 16.2. The molecule has 0 aromatic carbocycles. The molecule has 2 saturated carbocycles. The molecule has 0 aromatic heterocycles. The van der Waals surface area contributed by atoms with E-state index < -0.39 is 0 Å². The number of carbonyl (C=O) groups is 1. The molecule has 2 aliphatic carbocycles. The van der Waals surface area contributed by atoms with Gasteiger partial charge in [-0.1, -0.05) is 64.2 Å². The van der Waals surface area contributed by atoms with Gasteiger partial charge in [0, 0.05) is 7.05 Å². The third-order valence-electron chi connectivity index (χ3n) is 6.69. The van der Waals surface area contributed by atoms with Crippen molar-refractivity contribution >= 4 is 11.9 Å². The van der Waals surface area contributed by atoms with E-state index in [4.69, 9.17) is 10.7 Å². The molecular weight excluding hydrogens is 298 g/mol. The highest BCUT2D eigenvalue weighted by Crippen LogP contribution is 2.40. The molecule has 4 nitrogen and oxygen atoms in total. The molecule has 2 fully saturated rings. The van der Waals surface area contributed by atoms with Crippen LogP contribution in [0.15, 0.2) is 4.99 Å². The number of carbonyl (C=O) groups excluding carboxylic acids is 1. The largest absolute Gasteiger partial charge is 0.369 e. The topological polar surface area (TPSA) is 58.7 Å². The first-order chi connectivity index (χ1) is 11.6. The molecule has 1 aliphatic heterocycles. The predicted molar refractivity (Wildman–Crippen MR) is 98.7 cm³/mol. The lowest BCUT2D eigenvalue weighted by Gasteiger charge is -2.40. The Balaban J connectivity index is 1.71. The zero-order valence-electron chi connectivity index (χ0n) is 15.4. The van der Waals surface area contributed by atoms with Crippen molar-refractivity contribution < 1.29 is 4.79 Å². The Labute approximate surface area is 147 Å². The summed E-state index contributed by atoms with van der Waals surface area (Å²) in [6, 6.07) is 0. The third-order valence-corrected chi connectivity index (χ3v) is 6.69. The first kappa shape index (κ1) is 17.8. The quantitative estimate of drug-likeness (QED) is 0.818. The van der Waals surface area contributed by atoms with Crippen LogP contribution in [0.25, 0.3) is 0 Å². The van der Waals surface area contributed by atoms with E-state index >= 15 is 0 Å². The zero-order valence-corrected chi connectivity index (χ0v) is 15.4. The lowest BCUT2D eigenvalue weighted by molar-refractivity contribution is -0.129. The van der Waals surface area contributed by atoms with Crippen molar-refractivity contribution in [1.82, 2.24) is 4.90 Å². The molecule has 24 heavy (non-hydrogen) atoms. The van der Waals surface area contributed by atoms with Gasteiger partial charge in [-0.15, -0.1) is 0 Å². The molecule has 0 saturated heterocycles. The number of aliphatic imine (C=N–C) groups is 1. The normalized spacial score (nSPS) is 30.5. The van der Waals surface area contributed by atoms with Crippen molar-refractivity contribution in [2.45, 2.75) is 95.4 Å². The summed E-state index contributed by atoms with van der Waals surface area (Å²) < 4.78 is 0. The highest BCUT2D eigenvalue weighted by molar-refractivity contribution is 5.98. The van der Waals surface area contributed by atoms with E-state index in [1.807, 2.05) is 0 Å². The number of nitrogens with two attached hydrogens (primary N) is 1. The number of guanidine groups is 1. The Morgan fingerprint density at radius 1 is 1.04 bits per heavy atom. The van der Waals surface area contributed by atoms with Gasteiger partial charge in [0.05, 0.1) is 12.0 Å². The molecule has 0 bridgehead atoms. The fourth-order valence-electron chi connectivity index (χ4n) is 5.13. The molecule has 2 N–H and O–H groups in total. The fourth-order valence-corrected chi connectivity index (χ4v) is 5.13. The van der Waals surface area contributed by atoms with Crippen LogP contribution in [0.1, 0.15) is 89.9 Å². The van der Waals surface area contributed by atoms with Gasteiger partial charge in [0.25, 0.3) is 0 Å². The van der Waals surface area contributed by atoms with E-state index in [0.717, 1.165) is 24.7 Å². The van der Waals surface area contributed by atoms with Gasteiger partial charge in [-0.2, -0.15) is 0 Å². The van der Waals surface area contributed by atoms with Crippen molar-refractivity contribution in [3.05, 3.63) is 0 Å². The zero-order chi connectivity index (χ0) is 17.0. The van der Waals surface area contributed by atoms with Crippen molar-refractivity contribution in [3.63, 3.8) is 0 Å². The standard InChI is InChI=1S/C20H35N3O/c1-23-18(24)15-20(22-19(23)21,14-17-10-6-3-7-11-17)13-12-16-8-4-2-5-9-16/h16-17H,2-15H2,1H3,(H2,21,22).